The van der Waals surface area contributed by atoms with Gasteiger partial charge in [-0.2, -0.15) is 0 Å². The van der Waals surface area contributed by atoms with Gasteiger partial charge in [0.15, 0.2) is 0 Å². The van der Waals surface area contributed by atoms with E-state index in [2.05, 4.69) is 25.1 Å². The van der Waals surface area contributed by atoms with Crippen molar-refractivity contribution in [2.24, 2.45) is 5.73 Å². The van der Waals surface area contributed by atoms with Crippen molar-refractivity contribution in [3.63, 3.8) is 0 Å². The first-order valence-electron chi connectivity index (χ1n) is 5.81. The van der Waals surface area contributed by atoms with Gasteiger partial charge in [-0.05, 0) is 43.4 Å². The number of nitrogens with two attached hydrogens (primary N) is 1. The predicted molar refractivity (Wildman–Crippen MR) is 62.1 cm³/mol. The second-order valence-electron chi connectivity index (χ2n) is 4.25. The maximum absolute atomic E-state index is 5.97. The standard InChI is InChI=1S/C13H19NO/c1-2-10-5-3-6-11(9-10)15-13-8-4-7-12(13)14/h3,5-6,9,12-13H,2,4,7-8,14H2,1H3. The molecule has 2 atom stereocenters. The van der Waals surface area contributed by atoms with E-state index in [1.54, 1.807) is 0 Å². The minimum atomic E-state index is 0.218. The molecule has 82 valence electrons. The molecule has 0 aliphatic heterocycles. The number of ether oxygens (including phenoxy) is 1. The fraction of sp³-hybridized carbons (Fsp3) is 0.538. The van der Waals surface area contributed by atoms with Crippen LogP contribution >= 0.6 is 0 Å². The molecule has 2 rings (SSSR count). The molecule has 0 spiro atoms. The third kappa shape index (κ3) is 2.51. The number of hydrogen-bond donors (Lipinski definition) is 1. The lowest BCUT2D eigenvalue weighted by atomic mass is 10.1. The maximum Gasteiger partial charge on any atom is 0.120 e. The van der Waals surface area contributed by atoms with Crippen LogP contribution in [0.4, 0.5) is 0 Å². The van der Waals surface area contributed by atoms with Crippen molar-refractivity contribution in [1.29, 1.82) is 0 Å². The maximum atomic E-state index is 5.97. The fourth-order valence-electron chi connectivity index (χ4n) is 2.11. The molecular weight excluding hydrogens is 186 g/mol. The van der Waals surface area contributed by atoms with Crippen molar-refractivity contribution in [3.05, 3.63) is 29.8 Å². The van der Waals surface area contributed by atoms with Crippen LogP contribution in [-0.4, -0.2) is 12.1 Å². The minimum Gasteiger partial charge on any atom is -0.489 e. The van der Waals surface area contributed by atoms with Gasteiger partial charge in [0.05, 0.1) is 0 Å². The second kappa shape index (κ2) is 4.67. The summed E-state index contributed by atoms with van der Waals surface area (Å²) in [6.45, 7) is 2.15. The zero-order valence-electron chi connectivity index (χ0n) is 9.28. The largest absolute Gasteiger partial charge is 0.489 e. The van der Waals surface area contributed by atoms with Crippen LogP contribution in [0.15, 0.2) is 24.3 Å². The zero-order valence-corrected chi connectivity index (χ0v) is 9.28. The molecule has 0 aromatic heterocycles. The Labute approximate surface area is 91.4 Å². The Balaban J connectivity index is 2.03. The van der Waals surface area contributed by atoms with E-state index in [-0.39, 0.29) is 12.1 Å². The minimum absolute atomic E-state index is 0.218. The molecule has 2 N–H and O–H groups in total. The Morgan fingerprint density at radius 1 is 1.40 bits per heavy atom. The Morgan fingerprint density at radius 2 is 2.27 bits per heavy atom. The molecule has 1 aliphatic rings. The first-order valence-corrected chi connectivity index (χ1v) is 5.81. The molecule has 1 saturated carbocycles. The van der Waals surface area contributed by atoms with Gasteiger partial charge < -0.3 is 10.5 Å². The Kier molecular flexibility index (Phi) is 3.27. The van der Waals surface area contributed by atoms with E-state index < -0.39 is 0 Å². The summed E-state index contributed by atoms with van der Waals surface area (Å²) in [7, 11) is 0. The summed E-state index contributed by atoms with van der Waals surface area (Å²) in [4.78, 5) is 0. The van der Waals surface area contributed by atoms with Crippen LogP contribution in [0.1, 0.15) is 31.7 Å². The highest BCUT2D eigenvalue weighted by atomic mass is 16.5. The average Bonchev–Trinajstić information content (AvgIpc) is 2.65. The summed E-state index contributed by atoms with van der Waals surface area (Å²) in [6.07, 6.45) is 4.65. The lowest BCUT2D eigenvalue weighted by Gasteiger charge is -2.18. The van der Waals surface area contributed by atoms with Crippen LogP contribution in [0.3, 0.4) is 0 Å². The molecular formula is C13H19NO. The van der Waals surface area contributed by atoms with Crippen molar-refractivity contribution >= 4 is 0 Å². The highest BCUT2D eigenvalue weighted by Gasteiger charge is 2.25. The van der Waals surface area contributed by atoms with Crippen LogP contribution in [0.25, 0.3) is 0 Å². The molecule has 2 heteroatoms. The summed E-state index contributed by atoms with van der Waals surface area (Å²) in [5.74, 6) is 0.969. The Bertz CT molecular complexity index is 324. The normalized spacial score (nSPS) is 25.5. The molecule has 2 nitrogen and oxygen atoms in total. The second-order valence-corrected chi connectivity index (χ2v) is 4.25. The van der Waals surface area contributed by atoms with E-state index in [0.29, 0.717) is 0 Å². The van der Waals surface area contributed by atoms with E-state index in [1.807, 2.05) is 6.07 Å². The van der Waals surface area contributed by atoms with Gasteiger partial charge in [0.2, 0.25) is 0 Å². The lowest BCUT2D eigenvalue weighted by molar-refractivity contribution is 0.191. The molecule has 1 aliphatic carbocycles. The third-order valence-electron chi connectivity index (χ3n) is 3.10. The molecule has 0 heterocycles. The van der Waals surface area contributed by atoms with Gasteiger partial charge in [0.25, 0.3) is 0 Å². The van der Waals surface area contributed by atoms with Gasteiger partial charge in [-0.15, -0.1) is 0 Å². The van der Waals surface area contributed by atoms with E-state index in [4.69, 9.17) is 10.5 Å². The van der Waals surface area contributed by atoms with E-state index in [0.717, 1.165) is 25.0 Å². The molecule has 15 heavy (non-hydrogen) atoms. The predicted octanol–water partition coefficient (Wildman–Crippen LogP) is 2.51. The highest BCUT2D eigenvalue weighted by molar-refractivity contribution is 5.28. The molecule has 0 saturated heterocycles. The van der Waals surface area contributed by atoms with Crippen LogP contribution < -0.4 is 10.5 Å². The molecule has 0 radical (unpaired) electrons. The van der Waals surface area contributed by atoms with Crippen LogP contribution in [0.2, 0.25) is 0 Å². The summed E-state index contributed by atoms with van der Waals surface area (Å²) in [6, 6.07) is 8.53. The molecule has 2 unspecified atom stereocenters. The average molecular weight is 205 g/mol. The highest BCUT2D eigenvalue weighted by Crippen LogP contribution is 2.24. The monoisotopic (exact) mass is 205 g/mol. The van der Waals surface area contributed by atoms with E-state index in [9.17, 15) is 0 Å². The summed E-state index contributed by atoms with van der Waals surface area (Å²) in [5.41, 5.74) is 7.29. The van der Waals surface area contributed by atoms with Crippen LogP contribution in [0.5, 0.6) is 5.75 Å². The fourth-order valence-corrected chi connectivity index (χ4v) is 2.11. The number of aryl methyl sites for hydroxylation is 1. The quantitative estimate of drug-likeness (QED) is 0.823. The molecule has 0 bridgehead atoms. The van der Waals surface area contributed by atoms with Gasteiger partial charge in [-0.25, -0.2) is 0 Å². The van der Waals surface area contributed by atoms with Gasteiger partial charge in [0, 0.05) is 6.04 Å². The molecule has 1 aromatic carbocycles. The first-order chi connectivity index (χ1) is 7.29. The summed E-state index contributed by atoms with van der Waals surface area (Å²) < 4.78 is 5.91. The van der Waals surface area contributed by atoms with Crippen molar-refractivity contribution in [1.82, 2.24) is 0 Å². The zero-order chi connectivity index (χ0) is 10.7. The van der Waals surface area contributed by atoms with Gasteiger partial charge in [0.1, 0.15) is 11.9 Å². The molecule has 0 amide bonds. The van der Waals surface area contributed by atoms with Crippen LogP contribution in [0, 0.1) is 0 Å². The lowest BCUT2D eigenvalue weighted by Crippen LogP contribution is -2.33. The molecule has 1 aromatic rings. The van der Waals surface area contributed by atoms with Crippen LogP contribution in [-0.2, 0) is 6.42 Å². The van der Waals surface area contributed by atoms with Gasteiger partial charge in [-0.1, -0.05) is 19.1 Å². The topological polar surface area (TPSA) is 35.2 Å². The van der Waals surface area contributed by atoms with Crippen molar-refractivity contribution in [2.75, 3.05) is 0 Å². The first kappa shape index (κ1) is 10.5. The number of rotatable bonds is 3. The Hall–Kier alpha value is -1.02. The van der Waals surface area contributed by atoms with Crippen molar-refractivity contribution in [2.45, 2.75) is 44.8 Å². The van der Waals surface area contributed by atoms with E-state index >= 15 is 0 Å². The smallest absolute Gasteiger partial charge is 0.120 e. The van der Waals surface area contributed by atoms with Gasteiger partial charge in [-0.3, -0.25) is 0 Å². The van der Waals surface area contributed by atoms with Crippen molar-refractivity contribution in [3.8, 4) is 5.75 Å². The van der Waals surface area contributed by atoms with E-state index in [1.165, 1.54) is 12.0 Å². The summed E-state index contributed by atoms with van der Waals surface area (Å²) in [5, 5.41) is 0. The number of benzene rings is 1. The summed E-state index contributed by atoms with van der Waals surface area (Å²) >= 11 is 0. The van der Waals surface area contributed by atoms with Crippen molar-refractivity contribution < 1.29 is 4.74 Å². The SMILES string of the molecule is CCc1cccc(OC2CCCC2N)c1. The third-order valence-corrected chi connectivity index (χ3v) is 3.10. The van der Waals surface area contributed by atoms with Gasteiger partial charge >= 0.3 is 0 Å². The number of hydrogen-bond acceptors (Lipinski definition) is 2. The molecule has 1 fully saturated rings. The Morgan fingerprint density at radius 3 is 2.93 bits per heavy atom.